The number of halogens is 1. The summed E-state index contributed by atoms with van der Waals surface area (Å²) in [6, 6.07) is 15.4. The summed E-state index contributed by atoms with van der Waals surface area (Å²) in [6.45, 7) is 4.25. The first-order valence-corrected chi connectivity index (χ1v) is 8.73. The van der Waals surface area contributed by atoms with Crippen LogP contribution in [0.5, 0.6) is 5.75 Å². The third-order valence-corrected chi connectivity index (χ3v) is 4.10. The molecule has 2 aromatic carbocycles. The van der Waals surface area contributed by atoms with E-state index in [9.17, 15) is 9.18 Å². The van der Waals surface area contributed by atoms with Crippen LogP contribution in [-0.4, -0.2) is 29.0 Å². The lowest BCUT2D eigenvalue weighted by atomic mass is 10.2. The lowest BCUT2D eigenvalue weighted by molar-refractivity contribution is 0.0484. The number of carbonyl (C=O) groups is 1. The SMILES string of the molecule is Cc1nn(-c2ccccc2)c(C)c1C(=O)OCCCOc1ccc(F)cc1. The monoisotopic (exact) mass is 368 g/mol. The van der Waals surface area contributed by atoms with Crippen LogP contribution in [0, 0.1) is 19.7 Å². The quantitative estimate of drug-likeness (QED) is 0.462. The Morgan fingerprint density at radius 3 is 2.44 bits per heavy atom. The molecule has 0 N–H and O–H groups in total. The number of hydrogen-bond donors (Lipinski definition) is 0. The number of para-hydroxylation sites is 1. The van der Waals surface area contributed by atoms with E-state index < -0.39 is 5.97 Å². The maximum Gasteiger partial charge on any atom is 0.341 e. The molecule has 1 aromatic heterocycles. The molecule has 0 amide bonds. The van der Waals surface area contributed by atoms with Crippen LogP contribution >= 0.6 is 0 Å². The molecule has 0 radical (unpaired) electrons. The third kappa shape index (κ3) is 4.53. The van der Waals surface area contributed by atoms with Crippen molar-refractivity contribution in [1.29, 1.82) is 0 Å². The fourth-order valence-corrected chi connectivity index (χ4v) is 2.78. The van der Waals surface area contributed by atoms with Gasteiger partial charge < -0.3 is 9.47 Å². The molecule has 0 atom stereocenters. The third-order valence-electron chi connectivity index (χ3n) is 4.10. The average Bonchev–Trinajstić information content (AvgIpc) is 2.98. The Morgan fingerprint density at radius 1 is 1.04 bits per heavy atom. The van der Waals surface area contributed by atoms with E-state index in [4.69, 9.17) is 9.47 Å². The van der Waals surface area contributed by atoms with Gasteiger partial charge in [0, 0.05) is 6.42 Å². The van der Waals surface area contributed by atoms with Crippen molar-refractivity contribution >= 4 is 5.97 Å². The fourth-order valence-electron chi connectivity index (χ4n) is 2.78. The highest BCUT2D eigenvalue weighted by Gasteiger charge is 2.20. The fraction of sp³-hybridized carbons (Fsp3) is 0.238. The van der Waals surface area contributed by atoms with Gasteiger partial charge in [-0.15, -0.1) is 0 Å². The summed E-state index contributed by atoms with van der Waals surface area (Å²) in [5.74, 6) is -0.120. The molecule has 1 heterocycles. The van der Waals surface area contributed by atoms with Crippen LogP contribution in [-0.2, 0) is 4.74 Å². The normalized spacial score (nSPS) is 10.6. The van der Waals surface area contributed by atoms with E-state index >= 15 is 0 Å². The van der Waals surface area contributed by atoms with Gasteiger partial charge in [-0.2, -0.15) is 5.10 Å². The molecule has 3 rings (SSSR count). The van der Waals surface area contributed by atoms with Crippen LogP contribution in [0.3, 0.4) is 0 Å². The Morgan fingerprint density at radius 2 is 1.74 bits per heavy atom. The van der Waals surface area contributed by atoms with Crippen molar-refractivity contribution in [2.75, 3.05) is 13.2 Å². The minimum atomic E-state index is -0.394. The Balaban J connectivity index is 1.54. The van der Waals surface area contributed by atoms with Crippen molar-refractivity contribution in [2.45, 2.75) is 20.3 Å². The first-order chi connectivity index (χ1) is 13.1. The molecule has 0 aliphatic heterocycles. The second-order valence-corrected chi connectivity index (χ2v) is 6.09. The number of hydrogen-bond acceptors (Lipinski definition) is 4. The smallest absolute Gasteiger partial charge is 0.341 e. The van der Waals surface area contributed by atoms with E-state index in [1.165, 1.54) is 12.1 Å². The Hall–Kier alpha value is -3.15. The van der Waals surface area contributed by atoms with E-state index in [1.807, 2.05) is 37.3 Å². The molecule has 0 saturated carbocycles. The molecule has 0 fully saturated rings. The molecule has 0 unspecified atom stereocenters. The summed E-state index contributed by atoms with van der Waals surface area (Å²) in [6.07, 6.45) is 0.536. The van der Waals surface area contributed by atoms with Crippen LogP contribution in [0.2, 0.25) is 0 Å². The van der Waals surface area contributed by atoms with Crippen LogP contribution in [0.4, 0.5) is 4.39 Å². The summed E-state index contributed by atoms with van der Waals surface area (Å²) in [5.41, 5.74) is 2.75. The van der Waals surface area contributed by atoms with Crippen LogP contribution in [0.15, 0.2) is 54.6 Å². The Bertz CT molecular complexity index is 905. The Kier molecular flexibility index (Phi) is 5.86. The van der Waals surface area contributed by atoms with Gasteiger partial charge in [0.15, 0.2) is 0 Å². The first-order valence-electron chi connectivity index (χ1n) is 8.73. The zero-order valence-corrected chi connectivity index (χ0v) is 15.3. The van der Waals surface area contributed by atoms with Crippen molar-refractivity contribution in [2.24, 2.45) is 0 Å². The summed E-state index contributed by atoms with van der Waals surface area (Å²) in [4.78, 5) is 12.4. The van der Waals surface area contributed by atoms with Crippen molar-refractivity contribution in [1.82, 2.24) is 9.78 Å². The van der Waals surface area contributed by atoms with Gasteiger partial charge in [-0.3, -0.25) is 0 Å². The van der Waals surface area contributed by atoms with Gasteiger partial charge in [-0.05, 0) is 50.2 Å². The van der Waals surface area contributed by atoms with E-state index in [0.717, 1.165) is 11.4 Å². The molecule has 0 spiro atoms. The highest BCUT2D eigenvalue weighted by Crippen LogP contribution is 2.19. The number of carbonyl (C=O) groups excluding carboxylic acids is 1. The molecule has 0 aliphatic carbocycles. The van der Waals surface area contributed by atoms with Crippen molar-refractivity contribution in [3.8, 4) is 11.4 Å². The number of aromatic nitrogens is 2. The standard InChI is InChI=1S/C21H21FN2O3/c1-15-20(16(2)24(23-15)18-7-4-3-5-8-18)21(25)27-14-6-13-26-19-11-9-17(22)10-12-19/h3-5,7-12H,6,13-14H2,1-2H3. The molecule has 0 bridgehead atoms. The molecule has 3 aromatic rings. The number of esters is 1. The van der Waals surface area contributed by atoms with Gasteiger partial charge in [0.1, 0.15) is 17.1 Å². The van der Waals surface area contributed by atoms with Gasteiger partial charge in [0.2, 0.25) is 0 Å². The number of aryl methyl sites for hydroxylation is 1. The minimum absolute atomic E-state index is 0.232. The second kappa shape index (κ2) is 8.49. The summed E-state index contributed by atoms with van der Waals surface area (Å²) >= 11 is 0. The van der Waals surface area contributed by atoms with E-state index in [0.29, 0.717) is 30.0 Å². The van der Waals surface area contributed by atoms with E-state index in [1.54, 1.807) is 23.7 Å². The van der Waals surface area contributed by atoms with Crippen molar-refractivity contribution in [3.05, 3.63) is 77.4 Å². The van der Waals surface area contributed by atoms with Gasteiger partial charge in [0.05, 0.1) is 30.3 Å². The zero-order chi connectivity index (χ0) is 19.2. The first kappa shape index (κ1) is 18.6. The number of rotatable bonds is 7. The van der Waals surface area contributed by atoms with Gasteiger partial charge in [0.25, 0.3) is 0 Å². The van der Waals surface area contributed by atoms with Gasteiger partial charge >= 0.3 is 5.97 Å². The molecule has 0 aliphatic rings. The number of ether oxygens (including phenoxy) is 2. The van der Waals surface area contributed by atoms with Crippen molar-refractivity contribution < 1.29 is 18.7 Å². The lowest BCUT2D eigenvalue weighted by Gasteiger charge is -2.08. The predicted octanol–water partition coefficient (Wildman–Crippen LogP) is 4.25. The average molecular weight is 368 g/mol. The number of nitrogens with zero attached hydrogens (tertiary/aromatic N) is 2. The van der Waals surface area contributed by atoms with Crippen molar-refractivity contribution in [3.63, 3.8) is 0 Å². The van der Waals surface area contributed by atoms with Gasteiger partial charge in [-0.25, -0.2) is 13.9 Å². The molecule has 27 heavy (non-hydrogen) atoms. The van der Waals surface area contributed by atoms with E-state index in [-0.39, 0.29) is 12.4 Å². The predicted molar refractivity (Wildman–Crippen MR) is 99.8 cm³/mol. The maximum atomic E-state index is 12.8. The second-order valence-electron chi connectivity index (χ2n) is 6.09. The lowest BCUT2D eigenvalue weighted by Crippen LogP contribution is -2.11. The van der Waals surface area contributed by atoms with Crippen LogP contribution < -0.4 is 4.74 Å². The zero-order valence-electron chi connectivity index (χ0n) is 15.3. The summed E-state index contributed by atoms with van der Waals surface area (Å²) in [5, 5.41) is 4.45. The summed E-state index contributed by atoms with van der Waals surface area (Å²) < 4.78 is 25.4. The molecule has 140 valence electrons. The van der Waals surface area contributed by atoms with E-state index in [2.05, 4.69) is 5.10 Å². The molecular weight excluding hydrogens is 347 g/mol. The maximum absolute atomic E-state index is 12.8. The molecular formula is C21H21FN2O3. The highest BCUT2D eigenvalue weighted by atomic mass is 19.1. The molecule has 5 nitrogen and oxygen atoms in total. The topological polar surface area (TPSA) is 53.4 Å². The minimum Gasteiger partial charge on any atom is -0.493 e. The summed E-state index contributed by atoms with van der Waals surface area (Å²) in [7, 11) is 0. The van der Waals surface area contributed by atoms with Gasteiger partial charge in [-0.1, -0.05) is 18.2 Å². The number of benzene rings is 2. The van der Waals surface area contributed by atoms with Crippen LogP contribution in [0.1, 0.15) is 28.2 Å². The molecule has 0 saturated heterocycles. The largest absolute Gasteiger partial charge is 0.493 e. The Labute approximate surface area is 157 Å². The van der Waals surface area contributed by atoms with Crippen LogP contribution in [0.25, 0.3) is 5.69 Å². The highest BCUT2D eigenvalue weighted by molar-refractivity contribution is 5.92. The molecule has 6 heteroatoms.